The van der Waals surface area contributed by atoms with Gasteiger partial charge in [-0.15, -0.1) is 11.3 Å². The number of nitro benzene ring substituents is 1. The highest BCUT2D eigenvalue weighted by Gasteiger charge is 2.13. The van der Waals surface area contributed by atoms with Crippen molar-refractivity contribution in [1.82, 2.24) is 5.43 Å². The highest BCUT2D eigenvalue weighted by molar-refractivity contribution is 7.20. The molecule has 0 saturated carbocycles. The molecule has 2 aromatic carbocycles. The summed E-state index contributed by atoms with van der Waals surface area (Å²) in [5.74, 6) is 0.802. The summed E-state index contributed by atoms with van der Waals surface area (Å²) in [4.78, 5) is 23.1. The van der Waals surface area contributed by atoms with Crippen LogP contribution in [0.25, 0.3) is 10.1 Å². The number of benzene rings is 2. The minimum absolute atomic E-state index is 0.0168. The van der Waals surface area contributed by atoms with Gasteiger partial charge in [-0.3, -0.25) is 14.9 Å². The fraction of sp³-hybridized carbons (Fsp3) is 0.111. The first kappa shape index (κ1) is 18.3. The number of non-ortho nitro benzene ring substituents is 1. The van der Waals surface area contributed by atoms with Crippen molar-refractivity contribution >= 4 is 39.2 Å². The van der Waals surface area contributed by atoms with Crippen molar-refractivity contribution in [3.05, 3.63) is 63.0 Å². The molecule has 27 heavy (non-hydrogen) atoms. The maximum Gasteiger partial charge on any atom is 0.281 e. The Morgan fingerprint density at radius 1 is 1.19 bits per heavy atom. The zero-order valence-electron chi connectivity index (χ0n) is 14.5. The summed E-state index contributed by atoms with van der Waals surface area (Å²) >= 11 is 1.23. The minimum atomic E-state index is -0.469. The number of hydrogen-bond donors (Lipinski definition) is 1. The fourth-order valence-electron chi connectivity index (χ4n) is 2.40. The number of hydrogen-bond acceptors (Lipinski definition) is 7. The van der Waals surface area contributed by atoms with Crippen molar-refractivity contribution in [2.75, 3.05) is 14.2 Å². The van der Waals surface area contributed by atoms with Gasteiger partial charge >= 0.3 is 0 Å². The number of nitrogens with zero attached hydrogens (tertiary/aromatic N) is 2. The van der Waals surface area contributed by atoms with Crippen LogP contribution in [0.4, 0.5) is 5.69 Å². The molecule has 0 aliphatic carbocycles. The number of rotatable bonds is 6. The van der Waals surface area contributed by atoms with E-state index in [9.17, 15) is 14.9 Å². The second-order valence-electron chi connectivity index (χ2n) is 5.40. The molecule has 0 fully saturated rings. The summed E-state index contributed by atoms with van der Waals surface area (Å²) in [5, 5.41) is 15.4. The highest BCUT2D eigenvalue weighted by Crippen LogP contribution is 2.29. The number of ether oxygens (including phenoxy) is 2. The van der Waals surface area contributed by atoms with Crippen LogP contribution in [0, 0.1) is 10.1 Å². The SMILES string of the molecule is COc1ccc(C=NNC(=O)c2cc3cc([N+](=O)[O-])ccc3s2)c(OC)c1. The number of methoxy groups -OCH3 is 2. The molecule has 1 N–H and O–H groups in total. The molecule has 1 aromatic heterocycles. The molecule has 1 heterocycles. The number of hydrazone groups is 1. The summed E-state index contributed by atoms with van der Waals surface area (Å²) in [6, 6.07) is 11.3. The van der Waals surface area contributed by atoms with Crippen LogP contribution in [0.5, 0.6) is 11.5 Å². The molecule has 138 valence electrons. The van der Waals surface area contributed by atoms with E-state index < -0.39 is 10.8 Å². The molecule has 0 aliphatic rings. The van der Waals surface area contributed by atoms with E-state index in [1.54, 1.807) is 37.4 Å². The topological polar surface area (TPSA) is 103 Å². The van der Waals surface area contributed by atoms with Crippen molar-refractivity contribution in [3.63, 3.8) is 0 Å². The Kier molecular flexibility index (Phi) is 5.32. The Balaban J connectivity index is 1.75. The van der Waals surface area contributed by atoms with Crippen LogP contribution >= 0.6 is 11.3 Å². The van der Waals surface area contributed by atoms with Gasteiger partial charge in [-0.05, 0) is 24.3 Å². The quantitative estimate of drug-likeness (QED) is 0.397. The van der Waals surface area contributed by atoms with E-state index >= 15 is 0 Å². The standard InChI is InChI=1S/C18H15N3O5S/c1-25-14-5-3-11(15(9-14)26-2)10-19-20-18(22)17-8-12-7-13(21(23)24)4-6-16(12)27-17/h3-10H,1-2H3,(H,20,22). The van der Waals surface area contributed by atoms with Crippen molar-refractivity contribution in [3.8, 4) is 11.5 Å². The van der Waals surface area contributed by atoms with Crippen molar-refractivity contribution in [1.29, 1.82) is 0 Å². The van der Waals surface area contributed by atoms with Gasteiger partial charge in [0.1, 0.15) is 11.5 Å². The lowest BCUT2D eigenvalue weighted by molar-refractivity contribution is -0.384. The van der Waals surface area contributed by atoms with Crippen LogP contribution in [0.2, 0.25) is 0 Å². The Hall–Kier alpha value is -3.46. The summed E-state index contributed by atoms with van der Waals surface area (Å²) in [6.45, 7) is 0. The Morgan fingerprint density at radius 2 is 2.00 bits per heavy atom. The molecule has 0 aliphatic heterocycles. The van der Waals surface area contributed by atoms with Gasteiger partial charge in [-0.1, -0.05) is 0 Å². The fourth-order valence-corrected chi connectivity index (χ4v) is 3.33. The molecule has 0 saturated heterocycles. The molecule has 9 heteroatoms. The third kappa shape index (κ3) is 4.04. The molecule has 0 unspecified atom stereocenters. The van der Waals surface area contributed by atoms with E-state index in [1.807, 2.05) is 0 Å². The zero-order chi connectivity index (χ0) is 19.4. The van der Waals surface area contributed by atoms with E-state index in [0.29, 0.717) is 27.3 Å². The van der Waals surface area contributed by atoms with Crippen LogP contribution in [0.1, 0.15) is 15.2 Å². The summed E-state index contributed by atoms with van der Waals surface area (Å²) in [5.41, 5.74) is 3.10. The number of carbonyl (C=O) groups is 1. The van der Waals surface area contributed by atoms with Gasteiger partial charge in [-0.2, -0.15) is 5.10 Å². The van der Waals surface area contributed by atoms with E-state index in [-0.39, 0.29) is 5.69 Å². The van der Waals surface area contributed by atoms with E-state index in [1.165, 1.54) is 36.8 Å². The van der Waals surface area contributed by atoms with Gasteiger partial charge in [-0.25, -0.2) is 5.43 Å². The number of amides is 1. The smallest absolute Gasteiger partial charge is 0.281 e. The van der Waals surface area contributed by atoms with Crippen LogP contribution in [-0.2, 0) is 0 Å². The molecular weight excluding hydrogens is 370 g/mol. The van der Waals surface area contributed by atoms with Gasteiger partial charge in [0.25, 0.3) is 11.6 Å². The van der Waals surface area contributed by atoms with Gasteiger partial charge in [0, 0.05) is 33.8 Å². The highest BCUT2D eigenvalue weighted by atomic mass is 32.1. The van der Waals surface area contributed by atoms with Crippen molar-refractivity contribution < 1.29 is 19.2 Å². The molecule has 0 bridgehead atoms. The molecule has 1 amide bonds. The van der Waals surface area contributed by atoms with Gasteiger partial charge < -0.3 is 9.47 Å². The second-order valence-corrected chi connectivity index (χ2v) is 6.48. The largest absolute Gasteiger partial charge is 0.497 e. The van der Waals surface area contributed by atoms with Crippen LogP contribution < -0.4 is 14.9 Å². The van der Waals surface area contributed by atoms with E-state index in [0.717, 1.165) is 4.70 Å². The predicted octanol–water partition coefficient (Wildman–Crippen LogP) is 3.59. The number of fused-ring (bicyclic) bond motifs is 1. The average molecular weight is 385 g/mol. The first-order valence-corrected chi connectivity index (χ1v) is 8.57. The van der Waals surface area contributed by atoms with Crippen LogP contribution in [0.3, 0.4) is 0 Å². The molecule has 0 radical (unpaired) electrons. The maximum atomic E-state index is 12.3. The maximum absolute atomic E-state index is 12.3. The minimum Gasteiger partial charge on any atom is -0.497 e. The first-order valence-electron chi connectivity index (χ1n) is 7.75. The second kappa shape index (κ2) is 7.83. The molecule has 8 nitrogen and oxygen atoms in total. The Morgan fingerprint density at radius 3 is 2.70 bits per heavy atom. The molecule has 3 aromatic rings. The Labute approximate surface area is 158 Å². The molecular formula is C18H15N3O5S. The van der Waals surface area contributed by atoms with Crippen molar-refractivity contribution in [2.45, 2.75) is 0 Å². The van der Waals surface area contributed by atoms with Crippen LogP contribution in [-0.4, -0.2) is 31.3 Å². The van der Waals surface area contributed by atoms with E-state index in [2.05, 4.69) is 10.5 Å². The molecule has 0 spiro atoms. The molecule has 0 atom stereocenters. The summed E-state index contributed by atoms with van der Waals surface area (Å²) in [6.07, 6.45) is 1.47. The normalized spacial score (nSPS) is 10.9. The first-order chi connectivity index (χ1) is 13.0. The lowest BCUT2D eigenvalue weighted by Crippen LogP contribution is -2.16. The number of nitro groups is 1. The number of thiophene rings is 1. The number of carbonyl (C=O) groups excluding carboxylic acids is 1. The van der Waals surface area contributed by atoms with Gasteiger partial charge in [0.05, 0.1) is 30.2 Å². The van der Waals surface area contributed by atoms with E-state index in [4.69, 9.17) is 9.47 Å². The third-order valence-corrected chi connectivity index (χ3v) is 4.86. The van der Waals surface area contributed by atoms with Crippen LogP contribution in [0.15, 0.2) is 47.6 Å². The zero-order valence-corrected chi connectivity index (χ0v) is 15.3. The molecule has 3 rings (SSSR count). The summed E-state index contributed by atoms with van der Waals surface area (Å²) < 4.78 is 11.2. The van der Waals surface area contributed by atoms with Gasteiger partial charge in [0.2, 0.25) is 0 Å². The van der Waals surface area contributed by atoms with Crippen molar-refractivity contribution in [2.24, 2.45) is 5.10 Å². The third-order valence-electron chi connectivity index (χ3n) is 3.74. The Bertz CT molecular complexity index is 1040. The van der Waals surface area contributed by atoms with Gasteiger partial charge in [0.15, 0.2) is 0 Å². The monoisotopic (exact) mass is 385 g/mol. The predicted molar refractivity (Wildman–Crippen MR) is 103 cm³/mol. The average Bonchev–Trinajstić information content (AvgIpc) is 3.11. The number of nitrogens with one attached hydrogen (secondary N) is 1. The lowest BCUT2D eigenvalue weighted by atomic mass is 10.2. The lowest BCUT2D eigenvalue weighted by Gasteiger charge is -2.06. The summed E-state index contributed by atoms with van der Waals surface area (Å²) in [7, 11) is 3.09.